The molecular weight excluding hydrogens is 299 g/mol. The van der Waals surface area contributed by atoms with Crippen LogP contribution in [0.1, 0.15) is 16.8 Å². The molecule has 0 unspecified atom stereocenters. The molecule has 1 aromatic carbocycles. The summed E-state index contributed by atoms with van der Waals surface area (Å²) >= 11 is 6.07. The maximum atomic E-state index is 14.9. The van der Waals surface area contributed by atoms with Crippen molar-refractivity contribution in [2.75, 3.05) is 24.5 Å². The van der Waals surface area contributed by atoms with Gasteiger partial charge in [0.1, 0.15) is 0 Å². The van der Waals surface area contributed by atoms with Gasteiger partial charge in [-0.1, -0.05) is 11.6 Å². The van der Waals surface area contributed by atoms with Crippen molar-refractivity contribution in [3.8, 4) is 0 Å². The molecule has 2 saturated heterocycles. The van der Waals surface area contributed by atoms with Gasteiger partial charge in [-0.2, -0.15) is 0 Å². The number of halogens is 2. The first kappa shape index (κ1) is 14.3. The van der Waals surface area contributed by atoms with Gasteiger partial charge < -0.3 is 15.3 Å². The third-order valence-corrected chi connectivity index (χ3v) is 4.50. The molecule has 0 radical (unpaired) electrons. The Balaban J connectivity index is 1.95. The van der Waals surface area contributed by atoms with Crippen LogP contribution in [-0.4, -0.2) is 42.3 Å². The molecule has 112 valence electrons. The minimum Gasteiger partial charge on any atom is -0.478 e. The molecule has 5 nitrogen and oxygen atoms in total. The summed E-state index contributed by atoms with van der Waals surface area (Å²) in [7, 11) is 0. The van der Waals surface area contributed by atoms with Crippen molar-refractivity contribution < 1.29 is 19.1 Å². The Kier molecular flexibility index (Phi) is 3.37. The van der Waals surface area contributed by atoms with E-state index in [0.717, 1.165) is 0 Å². The minimum atomic E-state index is -1.85. The van der Waals surface area contributed by atoms with Gasteiger partial charge in [0.05, 0.1) is 16.3 Å². The first-order valence-corrected chi connectivity index (χ1v) is 7.06. The molecule has 0 aromatic heterocycles. The lowest BCUT2D eigenvalue weighted by molar-refractivity contribution is -0.130. The lowest BCUT2D eigenvalue weighted by Crippen LogP contribution is -2.49. The van der Waals surface area contributed by atoms with Crippen molar-refractivity contribution in [1.82, 2.24) is 5.32 Å². The van der Waals surface area contributed by atoms with Crippen LogP contribution < -0.4 is 10.2 Å². The molecule has 2 heterocycles. The number of anilines is 1. The number of amides is 1. The van der Waals surface area contributed by atoms with E-state index in [9.17, 15) is 14.0 Å². The number of nitrogens with one attached hydrogen (secondary N) is 1. The van der Waals surface area contributed by atoms with Crippen LogP contribution in [0, 0.1) is 5.92 Å². The zero-order chi connectivity index (χ0) is 15.2. The van der Waals surface area contributed by atoms with Crippen LogP contribution in [0.5, 0.6) is 0 Å². The number of rotatable bonds is 2. The number of carboxylic acids is 1. The summed E-state index contributed by atoms with van der Waals surface area (Å²) in [6.07, 6.45) is 0.151. The third kappa shape index (κ3) is 2.18. The highest BCUT2D eigenvalue weighted by molar-refractivity contribution is 6.34. The first-order chi connectivity index (χ1) is 9.93. The van der Waals surface area contributed by atoms with E-state index in [1.807, 2.05) is 0 Å². The van der Waals surface area contributed by atoms with E-state index in [-0.39, 0.29) is 23.6 Å². The van der Waals surface area contributed by atoms with Gasteiger partial charge in [0.25, 0.3) is 5.91 Å². The van der Waals surface area contributed by atoms with Crippen molar-refractivity contribution in [2.24, 2.45) is 5.92 Å². The number of hydrogen-bond acceptors (Lipinski definition) is 3. The maximum Gasteiger partial charge on any atom is 0.335 e. The van der Waals surface area contributed by atoms with E-state index < -0.39 is 23.5 Å². The Morgan fingerprint density at radius 2 is 2.29 bits per heavy atom. The number of aromatic carboxylic acids is 1. The normalized spacial score (nSPS) is 28.6. The summed E-state index contributed by atoms with van der Waals surface area (Å²) in [5.41, 5.74) is -1.46. The van der Waals surface area contributed by atoms with Crippen LogP contribution in [0.15, 0.2) is 18.2 Å². The molecule has 2 N–H and O–H groups in total. The molecule has 21 heavy (non-hydrogen) atoms. The van der Waals surface area contributed by atoms with Crippen LogP contribution in [0.3, 0.4) is 0 Å². The van der Waals surface area contributed by atoms with Crippen LogP contribution in [0.4, 0.5) is 10.1 Å². The van der Waals surface area contributed by atoms with Crippen molar-refractivity contribution in [1.29, 1.82) is 0 Å². The Morgan fingerprint density at radius 3 is 2.90 bits per heavy atom. The average Bonchev–Trinajstić information content (AvgIpc) is 2.71. The van der Waals surface area contributed by atoms with E-state index in [4.69, 9.17) is 16.7 Å². The molecule has 0 aliphatic carbocycles. The number of carboxylic acid groups (broad SMARTS) is 1. The average molecular weight is 313 g/mol. The zero-order valence-corrected chi connectivity index (χ0v) is 11.9. The number of carbonyl (C=O) groups excluding carboxylic acids is 1. The number of hydrogen-bond donors (Lipinski definition) is 2. The highest BCUT2D eigenvalue weighted by Gasteiger charge is 2.56. The van der Waals surface area contributed by atoms with Crippen LogP contribution >= 0.6 is 11.6 Å². The number of benzene rings is 1. The summed E-state index contributed by atoms with van der Waals surface area (Å²) in [6, 6.07) is 4.09. The Hall–Kier alpha value is -1.66. The summed E-state index contributed by atoms with van der Waals surface area (Å²) < 4.78 is 14.9. The van der Waals surface area contributed by atoms with Gasteiger partial charge in [0.15, 0.2) is 5.67 Å². The molecule has 2 atom stereocenters. The van der Waals surface area contributed by atoms with Crippen LogP contribution in [-0.2, 0) is 4.79 Å². The Morgan fingerprint density at radius 1 is 1.52 bits per heavy atom. The highest BCUT2D eigenvalue weighted by atomic mass is 35.5. The Bertz CT molecular complexity index is 624. The van der Waals surface area contributed by atoms with Crippen molar-refractivity contribution >= 4 is 29.2 Å². The molecule has 1 amide bonds. The predicted octanol–water partition coefficient (Wildman–Crippen LogP) is 1.70. The van der Waals surface area contributed by atoms with Crippen molar-refractivity contribution in [2.45, 2.75) is 12.1 Å². The summed E-state index contributed by atoms with van der Waals surface area (Å²) in [5, 5.41) is 12.1. The number of nitrogens with zero attached hydrogens (tertiary/aromatic N) is 1. The predicted molar refractivity (Wildman–Crippen MR) is 75.6 cm³/mol. The van der Waals surface area contributed by atoms with Crippen molar-refractivity contribution in [3.63, 3.8) is 0 Å². The number of fused-ring (bicyclic) bond motifs is 1. The topological polar surface area (TPSA) is 69.6 Å². The van der Waals surface area contributed by atoms with Gasteiger partial charge in [-0.05, 0) is 24.7 Å². The molecule has 2 fully saturated rings. The molecule has 1 aromatic rings. The van der Waals surface area contributed by atoms with Gasteiger partial charge in [-0.25, -0.2) is 9.18 Å². The van der Waals surface area contributed by atoms with Gasteiger partial charge in [-0.3, -0.25) is 4.79 Å². The molecule has 7 heteroatoms. The fourth-order valence-corrected chi connectivity index (χ4v) is 3.28. The molecule has 0 saturated carbocycles. The molecule has 3 rings (SSSR count). The largest absolute Gasteiger partial charge is 0.478 e. The van der Waals surface area contributed by atoms with Crippen LogP contribution in [0.2, 0.25) is 5.02 Å². The number of carbonyl (C=O) groups is 2. The van der Waals surface area contributed by atoms with E-state index in [2.05, 4.69) is 5.32 Å². The second kappa shape index (κ2) is 4.96. The fourth-order valence-electron chi connectivity index (χ4n) is 3.00. The van der Waals surface area contributed by atoms with Crippen molar-refractivity contribution in [3.05, 3.63) is 28.8 Å². The van der Waals surface area contributed by atoms with Gasteiger partial charge in [-0.15, -0.1) is 0 Å². The second-order valence-corrected chi connectivity index (χ2v) is 5.81. The monoisotopic (exact) mass is 312 g/mol. The third-order valence-electron chi connectivity index (χ3n) is 4.19. The van der Waals surface area contributed by atoms with E-state index in [0.29, 0.717) is 18.8 Å². The molecule has 2 aliphatic rings. The van der Waals surface area contributed by atoms with Gasteiger partial charge >= 0.3 is 5.97 Å². The van der Waals surface area contributed by atoms with Gasteiger partial charge in [0, 0.05) is 25.4 Å². The molecular formula is C14H14ClFN2O3. The molecule has 0 spiro atoms. The maximum absolute atomic E-state index is 14.9. The SMILES string of the molecule is O=C(O)c1ccc(N2C[C@H]3CNCC[C@@]3(F)C2=O)c(Cl)c1. The number of alkyl halides is 1. The first-order valence-electron chi connectivity index (χ1n) is 6.68. The minimum absolute atomic E-state index is 0.0319. The Labute approximate surface area is 125 Å². The second-order valence-electron chi connectivity index (χ2n) is 5.40. The lowest BCUT2D eigenvalue weighted by atomic mass is 9.86. The quantitative estimate of drug-likeness (QED) is 0.872. The van der Waals surface area contributed by atoms with Gasteiger partial charge in [0.2, 0.25) is 0 Å². The van der Waals surface area contributed by atoms with Crippen LogP contribution in [0.25, 0.3) is 0 Å². The standard InChI is InChI=1S/C14H14ClFN2O3/c15-10-5-8(12(19)20)1-2-11(10)18-7-9-6-17-4-3-14(9,16)13(18)21/h1-2,5,9,17H,3-4,6-7H2,(H,19,20)/t9-,14+/m1/s1. The summed E-state index contributed by atoms with van der Waals surface area (Å²) in [4.78, 5) is 24.6. The molecule has 0 bridgehead atoms. The summed E-state index contributed by atoms with van der Waals surface area (Å²) in [5.74, 6) is -2.09. The smallest absolute Gasteiger partial charge is 0.335 e. The van der Waals surface area contributed by atoms with E-state index in [1.165, 1.54) is 23.1 Å². The number of piperidine rings is 1. The van der Waals surface area contributed by atoms with E-state index >= 15 is 0 Å². The molecule has 2 aliphatic heterocycles. The lowest BCUT2D eigenvalue weighted by Gasteiger charge is -2.29. The zero-order valence-electron chi connectivity index (χ0n) is 11.1. The fraction of sp³-hybridized carbons (Fsp3) is 0.429. The highest BCUT2D eigenvalue weighted by Crippen LogP contribution is 2.41. The summed E-state index contributed by atoms with van der Waals surface area (Å²) in [6.45, 7) is 1.16. The van der Waals surface area contributed by atoms with E-state index in [1.54, 1.807) is 0 Å².